The Hall–Kier alpha value is -3.66. The molecule has 3 aromatic carbocycles. The van der Waals surface area contributed by atoms with Gasteiger partial charge in [-0.1, -0.05) is 54.6 Å². The Kier molecular flexibility index (Phi) is 5.13. The second kappa shape index (κ2) is 8.23. The highest BCUT2D eigenvalue weighted by Gasteiger charge is 2.20. The highest BCUT2D eigenvalue weighted by Crippen LogP contribution is 2.36. The minimum Gasteiger partial charge on any atom is -0.457 e. The van der Waals surface area contributed by atoms with Crippen LogP contribution >= 0.6 is 0 Å². The molecule has 0 fully saturated rings. The van der Waals surface area contributed by atoms with Crippen LogP contribution < -0.4 is 0 Å². The first-order valence-corrected chi connectivity index (χ1v) is 10.6. The van der Waals surface area contributed by atoms with Crippen LogP contribution in [-0.4, -0.2) is 23.3 Å². The quantitative estimate of drug-likeness (QED) is 0.286. The maximum atomic E-state index is 12.6. The molecule has 0 bridgehead atoms. The topological polar surface area (TPSA) is 59.2 Å². The maximum Gasteiger partial charge on any atom is 0.306 e. The van der Waals surface area contributed by atoms with Crippen molar-refractivity contribution in [3.8, 4) is 11.1 Å². The first kappa shape index (κ1) is 19.3. The van der Waals surface area contributed by atoms with E-state index in [1.54, 1.807) is 0 Å². The van der Waals surface area contributed by atoms with Gasteiger partial charge in [-0.15, -0.1) is 0 Å². The Balaban J connectivity index is 1.15. The Labute approximate surface area is 180 Å². The molecule has 5 rings (SSSR count). The molecular formula is C27H23NO3. The normalized spacial score (nSPS) is 11.9. The molecule has 1 heterocycles. The second-order valence-electron chi connectivity index (χ2n) is 8.00. The lowest BCUT2D eigenvalue weighted by Gasteiger charge is -2.07. The minimum absolute atomic E-state index is 0.169. The molecule has 0 aliphatic heterocycles. The zero-order valence-corrected chi connectivity index (χ0v) is 17.2. The summed E-state index contributed by atoms with van der Waals surface area (Å²) in [6.45, 7) is -0.216. The molecule has 4 nitrogen and oxygen atoms in total. The van der Waals surface area contributed by atoms with Crippen molar-refractivity contribution < 1.29 is 14.3 Å². The molecule has 1 aliphatic rings. The number of ketones is 1. The van der Waals surface area contributed by atoms with Crippen molar-refractivity contribution in [2.45, 2.75) is 25.7 Å². The van der Waals surface area contributed by atoms with Gasteiger partial charge in [0.15, 0.2) is 12.4 Å². The van der Waals surface area contributed by atoms with Crippen LogP contribution in [0.1, 0.15) is 39.9 Å². The summed E-state index contributed by atoms with van der Waals surface area (Å²) in [6.07, 6.45) is 4.66. The van der Waals surface area contributed by atoms with Crippen LogP contribution in [0.25, 0.3) is 22.0 Å². The van der Waals surface area contributed by atoms with Crippen LogP contribution in [0.5, 0.6) is 0 Å². The minimum atomic E-state index is -0.334. The standard InChI is InChI=1S/C27H23NO3/c29-26(20-13-12-19-14-18-6-1-2-8-22(18)24(19)15-20)17-31-27(30)11-5-7-21-16-28-25-10-4-3-9-23(21)25/h1-4,6,8-10,12-13,15-16,28H,5,7,11,14,17H2. The Morgan fingerprint density at radius 1 is 0.903 bits per heavy atom. The van der Waals surface area contributed by atoms with Gasteiger partial charge in [0.1, 0.15) is 0 Å². The van der Waals surface area contributed by atoms with Gasteiger partial charge >= 0.3 is 5.97 Å². The largest absolute Gasteiger partial charge is 0.457 e. The van der Waals surface area contributed by atoms with Gasteiger partial charge in [-0.05, 0) is 59.2 Å². The Morgan fingerprint density at radius 3 is 2.65 bits per heavy atom. The first-order valence-electron chi connectivity index (χ1n) is 10.6. The van der Waals surface area contributed by atoms with Gasteiger partial charge in [0.25, 0.3) is 0 Å². The third-order valence-electron chi connectivity index (χ3n) is 5.99. The van der Waals surface area contributed by atoms with E-state index in [2.05, 4.69) is 23.2 Å². The van der Waals surface area contributed by atoms with E-state index in [0.29, 0.717) is 18.4 Å². The van der Waals surface area contributed by atoms with E-state index < -0.39 is 0 Å². The summed E-state index contributed by atoms with van der Waals surface area (Å²) in [7, 11) is 0. The number of aromatic amines is 1. The van der Waals surface area contributed by atoms with Gasteiger partial charge in [-0.2, -0.15) is 0 Å². The number of fused-ring (bicyclic) bond motifs is 4. The zero-order chi connectivity index (χ0) is 21.2. The number of benzene rings is 3. The lowest BCUT2D eigenvalue weighted by Crippen LogP contribution is -2.14. The average Bonchev–Trinajstić information content (AvgIpc) is 3.38. The van der Waals surface area contributed by atoms with Crippen LogP contribution in [0.15, 0.2) is 72.9 Å². The number of hydrogen-bond donors (Lipinski definition) is 1. The molecule has 1 aliphatic carbocycles. The van der Waals surface area contributed by atoms with Crippen molar-refractivity contribution in [1.82, 2.24) is 4.98 Å². The van der Waals surface area contributed by atoms with E-state index in [4.69, 9.17) is 4.74 Å². The summed E-state index contributed by atoms with van der Waals surface area (Å²) in [5.74, 6) is -0.503. The number of esters is 1. The lowest BCUT2D eigenvalue weighted by atomic mass is 10.0. The number of carbonyl (C=O) groups is 2. The van der Waals surface area contributed by atoms with Gasteiger partial charge in [0.05, 0.1) is 0 Å². The molecule has 4 aromatic rings. The number of aromatic nitrogens is 1. The SMILES string of the molecule is O=C(CCCc1c[nH]c2ccccc12)OCC(=O)c1ccc2c(c1)-c1ccccc1C2. The molecule has 154 valence electrons. The molecule has 0 radical (unpaired) electrons. The van der Waals surface area contributed by atoms with Crippen molar-refractivity contribution in [2.75, 3.05) is 6.61 Å². The number of ether oxygens (including phenoxy) is 1. The van der Waals surface area contributed by atoms with Crippen LogP contribution in [0.2, 0.25) is 0 Å². The highest BCUT2D eigenvalue weighted by molar-refractivity contribution is 5.99. The number of rotatable bonds is 7. The van der Waals surface area contributed by atoms with Crippen LogP contribution in [0, 0.1) is 0 Å². The molecule has 0 amide bonds. The summed E-state index contributed by atoms with van der Waals surface area (Å²) >= 11 is 0. The van der Waals surface area contributed by atoms with Crippen molar-refractivity contribution in [1.29, 1.82) is 0 Å². The molecule has 0 spiro atoms. The van der Waals surface area contributed by atoms with Gasteiger partial charge < -0.3 is 9.72 Å². The highest BCUT2D eigenvalue weighted by atomic mass is 16.5. The number of nitrogens with one attached hydrogen (secondary N) is 1. The fraction of sp³-hybridized carbons (Fsp3) is 0.185. The monoisotopic (exact) mass is 409 g/mol. The van der Waals surface area contributed by atoms with Gasteiger partial charge in [0.2, 0.25) is 0 Å². The summed E-state index contributed by atoms with van der Waals surface area (Å²) in [6, 6.07) is 22.1. The summed E-state index contributed by atoms with van der Waals surface area (Å²) in [5, 5.41) is 1.18. The Bertz CT molecular complexity index is 1280. The average molecular weight is 409 g/mol. The first-order chi connectivity index (χ1) is 15.2. The lowest BCUT2D eigenvalue weighted by molar-refractivity contribution is -0.142. The molecule has 0 atom stereocenters. The molecule has 0 saturated carbocycles. The number of aryl methyl sites for hydroxylation is 1. The predicted octanol–water partition coefficient (Wildman–Crippen LogP) is 5.49. The van der Waals surface area contributed by atoms with Crippen molar-refractivity contribution in [3.63, 3.8) is 0 Å². The fourth-order valence-corrected chi connectivity index (χ4v) is 4.36. The molecule has 31 heavy (non-hydrogen) atoms. The van der Waals surface area contributed by atoms with Gasteiger partial charge in [-0.25, -0.2) is 0 Å². The second-order valence-corrected chi connectivity index (χ2v) is 8.00. The number of para-hydroxylation sites is 1. The van der Waals surface area contributed by atoms with E-state index in [0.717, 1.165) is 23.9 Å². The molecule has 1 N–H and O–H groups in total. The van der Waals surface area contributed by atoms with E-state index >= 15 is 0 Å². The number of Topliss-reactive ketones (excluding diaryl/α,β-unsaturated/α-hetero) is 1. The van der Waals surface area contributed by atoms with Crippen LogP contribution in [0.3, 0.4) is 0 Å². The van der Waals surface area contributed by atoms with E-state index in [-0.39, 0.29) is 18.4 Å². The fourth-order valence-electron chi connectivity index (χ4n) is 4.36. The zero-order valence-electron chi connectivity index (χ0n) is 17.2. The number of carbonyl (C=O) groups excluding carboxylic acids is 2. The molecular weight excluding hydrogens is 386 g/mol. The predicted molar refractivity (Wildman–Crippen MR) is 121 cm³/mol. The van der Waals surface area contributed by atoms with Crippen LogP contribution in [-0.2, 0) is 22.4 Å². The van der Waals surface area contributed by atoms with Crippen molar-refractivity contribution in [2.24, 2.45) is 0 Å². The van der Waals surface area contributed by atoms with Crippen molar-refractivity contribution in [3.05, 3.63) is 95.2 Å². The van der Waals surface area contributed by atoms with E-state index in [1.165, 1.54) is 27.6 Å². The molecule has 0 saturated heterocycles. The molecule has 0 unspecified atom stereocenters. The smallest absolute Gasteiger partial charge is 0.306 e. The van der Waals surface area contributed by atoms with Gasteiger partial charge in [0, 0.05) is 29.1 Å². The molecule has 1 aromatic heterocycles. The summed E-state index contributed by atoms with van der Waals surface area (Å²) < 4.78 is 5.26. The third kappa shape index (κ3) is 3.89. The van der Waals surface area contributed by atoms with E-state index in [9.17, 15) is 9.59 Å². The maximum absolute atomic E-state index is 12.6. The third-order valence-corrected chi connectivity index (χ3v) is 5.99. The number of H-pyrrole nitrogens is 1. The molecule has 4 heteroatoms. The van der Waals surface area contributed by atoms with Crippen molar-refractivity contribution >= 4 is 22.7 Å². The summed E-state index contributed by atoms with van der Waals surface area (Å²) in [4.78, 5) is 28.0. The van der Waals surface area contributed by atoms with Gasteiger partial charge in [-0.3, -0.25) is 9.59 Å². The summed E-state index contributed by atoms with van der Waals surface area (Å²) in [5.41, 5.74) is 7.67. The Morgan fingerprint density at radius 2 is 1.71 bits per heavy atom. The number of hydrogen-bond acceptors (Lipinski definition) is 3. The van der Waals surface area contributed by atoms with Crippen LogP contribution in [0.4, 0.5) is 0 Å². The van der Waals surface area contributed by atoms with E-state index in [1.807, 2.05) is 54.7 Å².